The van der Waals surface area contributed by atoms with Gasteiger partial charge in [-0.25, -0.2) is 0 Å². The Kier molecular flexibility index (Phi) is 6.52. The highest BCUT2D eigenvalue weighted by atomic mass is 16.5. The van der Waals surface area contributed by atoms with Crippen molar-refractivity contribution in [2.45, 2.75) is 39.7 Å². The largest absolute Gasteiger partial charge is 0.374 e. The van der Waals surface area contributed by atoms with E-state index >= 15 is 0 Å². The molecule has 0 spiro atoms. The van der Waals surface area contributed by atoms with Gasteiger partial charge in [0.2, 0.25) is 5.91 Å². The molecule has 0 aromatic heterocycles. The number of carbonyl (C=O) groups is 1. The number of nitrogens with zero attached hydrogens (tertiary/aromatic N) is 1. The number of hydrogen-bond acceptors (Lipinski definition) is 3. The van der Waals surface area contributed by atoms with E-state index < -0.39 is 0 Å². The molecule has 1 fully saturated rings. The molecule has 17 heavy (non-hydrogen) atoms. The van der Waals surface area contributed by atoms with Crippen molar-refractivity contribution in [1.29, 1.82) is 0 Å². The zero-order chi connectivity index (χ0) is 12.7. The molecule has 4 nitrogen and oxygen atoms in total. The van der Waals surface area contributed by atoms with E-state index in [1.807, 2.05) is 6.92 Å². The second-order valence-electron chi connectivity index (χ2n) is 5.20. The Morgan fingerprint density at radius 2 is 2.29 bits per heavy atom. The van der Waals surface area contributed by atoms with E-state index in [-0.39, 0.29) is 12.0 Å². The van der Waals surface area contributed by atoms with E-state index in [0.717, 1.165) is 32.7 Å². The lowest BCUT2D eigenvalue weighted by molar-refractivity contribution is -0.122. The summed E-state index contributed by atoms with van der Waals surface area (Å²) in [5.41, 5.74) is 0. The third kappa shape index (κ3) is 6.03. The number of morpholine rings is 1. The summed E-state index contributed by atoms with van der Waals surface area (Å²) in [5.74, 6) is 0.820. The number of rotatable bonds is 6. The van der Waals surface area contributed by atoms with Gasteiger partial charge >= 0.3 is 0 Å². The molecule has 100 valence electrons. The lowest BCUT2D eigenvalue weighted by Gasteiger charge is -2.33. The van der Waals surface area contributed by atoms with Gasteiger partial charge in [0.05, 0.1) is 12.7 Å². The van der Waals surface area contributed by atoms with Crippen molar-refractivity contribution in [1.82, 2.24) is 10.2 Å². The predicted octanol–water partition coefficient (Wildman–Crippen LogP) is 1.26. The summed E-state index contributed by atoms with van der Waals surface area (Å²) in [6, 6.07) is 0. The molecule has 1 heterocycles. The standard InChI is InChI=1S/C13H26N2O2/c1-4-5-13(16)14-8-12-10-15(6-7-17-12)9-11(2)3/h11-12H,4-10H2,1-3H3,(H,14,16). The lowest BCUT2D eigenvalue weighted by Crippen LogP contribution is -2.48. The Bertz CT molecular complexity index is 231. The summed E-state index contributed by atoms with van der Waals surface area (Å²) in [5, 5.41) is 2.94. The van der Waals surface area contributed by atoms with Crippen molar-refractivity contribution < 1.29 is 9.53 Å². The van der Waals surface area contributed by atoms with Crippen LogP contribution in [0, 0.1) is 5.92 Å². The molecule has 1 unspecified atom stereocenters. The molecule has 0 aliphatic carbocycles. The fourth-order valence-electron chi connectivity index (χ4n) is 2.13. The highest BCUT2D eigenvalue weighted by Gasteiger charge is 2.21. The summed E-state index contributed by atoms with van der Waals surface area (Å²) in [7, 11) is 0. The van der Waals surface area contributed by atoms with Crippen LogP contribution in [0.4, 0.5) is 0 Å². The van der Waals surface area contributed by atoms with Crippen LogP contribution < -0.4 is 5.32 Å². The van der Waals surface area contributed by atoms with Crippen LogP contribution in [0.15, 0.2) is 0 Å². The maximum atomic E-state index is 11.4. The first-order valence-corrected chi connectivity index (χ1v) is 6.72. The third-order valence-corrected chi connectivity index (χ3v) is 2.85. The lowest BCUT2D eigenvalue weighted by atomic mass is 10.2. The molecule has 0 saturated carbocycles. The Morgan fingerprint density at radius 3 is 2.94 bits per heavy atom. The fraction of sp³-hybridized carbons (Fsp3) is 0.923. The number of amides is 1. The minimum atomic E-state index is 0.136. The van der Waals surface area contributed by atoms with Crippen LogP contribution in [0.25, 0.3) is 0 Å². The molecule has 0 aromatic rings. The van der Waals surface area contributed by atoms with Gasteiger partial charge < -0.3 is 10.1 Å². The zero-order valence-corrected chi connectivity index (χ0v) is 11.4. The molecule has 0 radical (unpaired) electrons. The first-order valence-electron chi connectivity index (χ1n) is 6.72. The summed E-state index contributed by atoms with van der Waals surface area (Å²) in [6.45, 7) is 11.0. The van der Waals surface area contributed by atoms with Crippen LogP contribution in [0.5, 0.6) is 0 Å². The van der Waals surface area contributed by atoms with Gasteiger partial charge in [-0.15, -0.1) is 0 Å². The molecule has 0 aromatic carbocycles. The maximum absolute atomic E-state index is 11.4. The van der Waals surface area contributed by atoms with Crippen molar-refractivity contribution in [3.63, 3.8) is 0 Å². The Balaban J connectivity index is 2.22. The van der Waals surface area contributed by atoms with Crippen molar-refractivity contribution >= 4 is 5.91 Å². The number of hydrogen-bond donors (Lipinski definition) is 1. The molecule has 1 saturated heterocycles. The van der Waals surface area contributed by atoms with Crippen LogP contribution in [0.1, 0.15) is 33.6 Å². The maximum Gasteiger partial charge on any atom is 0.220 e. The Hall–Kier alpha value is -0.610. The molecule has 1 atom stereocenters. The van der Waals surface area contributed by atoms with Crippen LogP contribution >= 0.6 is 0 Å². The zero-order valence-electron chi connectivity index (χ0n) is 11.4. The van der Waals surface area contributed by atoms with E-state index in [4.69, 9.17) is 4.74 Å². The van der Waals surface area contributed by atoms with E-state index in [9.17, 15) is 4.79 Å². The third-order valence-electron chi connectivity index (χ3n) is 2.85. The molecule has 1 aliphatic rings. The van der Waals surface area contributed by atoms with Gasteiger partial charge in [0.25, 0.3) is 0 Å². The normalized spacial score (nSPS) is 21.8. The van der Waals surface area contributed by atoms with E-state index in [1.165, 1.54) is 0 Å². The molecular weight excluding hydrogens is 216 g/mol. The van der Waals surface area contributed by atoms with Crippen LogP contribution in [0.2, 0.25) is 0 Å². The van der Waals surface area contributed by atoms with Crippen LogP contribution in [0.3, 0.4) is 0 Å². The minimum absolute atomic E-state index is 0.136. The van der Waals surface area contributed by atoms with E-state index in [0.29, 0.717) is 18.9 Å². The average molecular weight is 242 g/mol. The molecule has 0 bridgehead atoms. The average Bonchev–Trinajstić information content (AvgIpc) is 2.26. The fourth-order valence-corrected chi connectivity index (χ4v) is 2.13. The van der Waals surface area contributed by atoms with Gasteiger partial charge in [-0.05, 0) is 12.3 Å². The smallest absolute Gasteiger partial charge is 0.220 e. The SMILES string of the molecule is CCCC(=O)NCC1CN(CC(C)C)CCO1. The first-order chi connectivity index (χ1) is 8.11. The van der Waals surface area contributed by atoms with Gasteiger partial charge in [0.15, 0.2) is 0 Å². The molecule has 1 amide bonds. The van der Waals surface area contributed by atoms with E-state index in [2.05, 4.69) is 24.1 Å². The number of ether oxygens (including phenoxy) is 1. The highest BCUT2D eigenvalue weighted by Crippen LogP contribution is 2.07. The van der Waals surface area contributed by atoms with E-state index in [1.54, 1.807) is 0 Å². The van der Waals surface area contributed by atoms with Crippen LogP contribution in [-0.4, -0.2) is 49.7 Å². The quantitative estimate of drug-likeness (QED) is 0.762. The van der Waals surface area contributed by atoms with Gasteiger partial charge in [-0.3, -0.25) is 9.69 Å². The van der Waals surface area contributed by atoms with Gasteiger partial charge in [0.1, 0.15) is 0 Å². The van der Waals surface area contributed by atoms with Gasteiger partial charge in [0, 0.05) is 32.6 Å². The molecule has 1 rings (SSSR count). The Labute approximate surface area is 105 Å². The summed E-state index contributed by atoms with van der Waals surface area (Å²) in [6.07, 6.45) is 1.67. The minimum Gasteiger partial charge on any atom is -0.374 e. The molecular formula is C13H26N2O2. The second-order valence-corrected chi connectivity index (χ2v) is 5.20. The summed E-state index contributed by atoms with van der Waals surface area (Å²) in [4.78, 5) is 13.8. The molecule has 1 N–H and O–H groups in total. The van der Waals surface area contributed by atoms with Gasteiger partial charge in [-0.1, -0.05) is 20.8 Å². The molecule has 4 heteroatoms. The van der Waals surface area contributed by atoms with Crippen molar-refractivity contribution in [2.75, 3.05) is 32.8 Å². The Morgan fingerprint density at radius 1 is 1.53 bits per heavy atom. The number of carbonyl (C=O) groups excluding carboxylic acids is 1. The second kappa shape index (κ2) is 7.67. The van der Waals surface area contributed by atoms with Crippen molar-refractivity contribution in [2.24, 2.45) is 5.92 Å². The molecule has 1 aliphatic heterocycles. The van der Waals surface area contributed by atoms with Crippen molar-refractivity contribution in [3.05, 3.63) is 0 Å². The first kappa shape index (κ1) is 14.5. The van der Waals surface area contributed by atoms with Gasteiger partial charge in [-0.2, -0.15) is 0 Å². The monoisotopic (exact) mass is 242 g/mol. The van der Waals surface area contributed by atoms with Crippen LogP contribution in [-0.2, 0) is 9.53 Å². The summed E-state index contributed by atoms with van der Waals surface area (Å²) >= 11 is 0. The number of nitrogens with one attached hydrogen (secondary N) is 1. The topological polar surface area (TPSA) is 41.6 Å². The van der Waals surface area contributed by atoms with Crippen molar-refractivity contribution in [3.8, 4) is 0 Å². The summed E-state index contributed by atoms with van der Waals surface area (Å²) < 4.78 is 5.66. The predicted molar refractivity (Wildman–Crippen MR) is 68.9 cm³/mol. The highest BCUT2D eigenvalue weighted by molar-refractivity contribution is 5.75.